The lowest BCUT2D eigenvalue weighted by molar-refractivity contribution is -0.274. The number of alkyl halides is 3. The molecule has 212 valence electrons. The molecule has 1 amide bonds. The number of hydrogen-bond acceptors (Lipinski definition) is 3. The zero-order valence-corrected chi connectivity index (χ0v) is 22.7. The van der Waals surface area contributed by atoms with Gasteiger partial charge in [0.05, 0.1) is 16.8 Å². The van der Waals surface area contributed by atoms with E-state index in [9.17, 15) is 22.4 Å². The Labute approximate surface area is 231 Å². The highest BCUT2D eigenvalue weighted by Gasteiger charge is 2.31. The molecule has 1 aliphatic carbocycles. The molecule has 0 atom stereocenters. The fraction of sp³-hybridized carbons (Fsp3) is 0.355. The molecule has 2 heterocycles. The molecule has 0 bridgehead atoms. The lowest BCUT2D eigenvalue weighted by Crippen LogP contribution is -2.31. The van der Waals surface area contributed by atoms with Crippen molar-refractivity contribution in [3.63, 3.8) is 0 Å². The fourth-order valence-electron chi connectivity index (χ4n) is 5.35. The van der Waals surface area contributed by atoms with Crippen molar-refractivity contribution in [1.29, 1.82) is 0 Å². The second-order valence-corrected chi connectivity index (χ2v) is 9.81. The van der Waals surface area contributed by atoms with Gasteiger partial charge in [-0.2, -0.15) is 0 Å². The summed E-state index contributed by atoms with van der Waals surface area (Å²) in [4.78, 5) is 20.5. The molecule has 5 rings (SSSR count). The van der Waals surface area contributed by atoms with Crippen LogP contribution >= 0.6 is 0 Å². The zero-order valence-electron chi connectivity index (χ0n) is 22.7. The quantitative estimate of drug-likeness (QED) is 0.235. The Bertz CT molecular complexity index is 1460. The number of hydrogen-bond donors (Lipinski definition) is 2. The standard InChI is InChI=1S/C29H27F4N3O2.C2H6/c1-17-13-25(27(36-17)20-3-2-4-22(14-20)38-29(31,32)33)28(37)35-16-18-5-7-19(8-6-18)23-11-12-34-26-10-9-21(30)15-24(23)26;1-2/h2-4,9-15,18-19,36H,5-8,16H2,1H3,(H,35,37);1-2H3. The molecule has 9 heteroatoms. The van der Waals surface area contributed by atoms with Crippen LogP contribution in [-0.2, 0) is 0 Å². The van der Waals surface area contributed by atoms with Crippen molar-refractivity contribution < 1.29 is 27.1 Å². The Balaban J connectivity index is 0.00000181. The Hall–Kier alpha value is -3.88. The number of benzene rings is 2. The van der Waals surface area contributed by atoms with Gasteiger partial charge in [-0.1, -0.05) is 26.0 Å². The normalized spacial score (nSPS) is 17.2. The summed E-state index contributed by atoms with van der Waals surface area (Å²) in [6.07, 6.45) is 0.653. The minimum atomic E-state index is -4.80. The van der Waals surface area contributed by atoms with Gasteiger partial charge in [-0.25, -0.2) is 4.39 Å². The Kier molecular flexibility index (Phi) is 9.12. The fourth-order valence-corrected chi connectivity index (χ4v) is 5.35. The average molecular weight is 556 g/mol. The summed E-state index contributed by atoms with van der Waals surface area (Å²) in [5.41, 5.74) is 3.84. The maximum Gasteiger partial charge on any atom is 0.573 e. The molecule has 0 unspecified atom stereocenters. The number of rotatable bonds is 6. The summed E-state index contributed by atoms with van der Waals surface area (Å²) in [6.45, 7) is 6.28. The molecule has 0 aliphatic heterocycles. The number of carbonyl (C=O) groups is 1. The van der Waals surface area contributed by atoms with E-state index < -0.39 is 6.36 Å². The van der Waals surface area contributed by atoms with Crippen LogP contribution in [0.25, 0.3) is 22.2 Å². The third kappa shape index (κ3) is 7.00. The highest BCUT2D eigenvalue weighted by atomic mass is 19.4. The third-order valence-electron chi connectivity index (χ3n) is 7.13. The summed E-state index contributed by atoms with van der Waals surface area (Å²) in [7, 11) is 0. The van der Waals surface area contributed by atoms with E-state index in [1.807, 2.05) is 19.9 Å². The van der Waals surface area contributed by atoms with Gasteiger partial charge in [0, 0.05) is 29.4 Å². The van der Waals surface area contributed by atoms with Gasteiger partial charge in [-0.3, -0.25) is 9.78 Å². The molecule has 2 aromatic carbocycles. The highest BCUT2D eigenvalue weighted by molar-refractivity contribution is 6.00. The van der Waals surface area contributed by atoms with E-state index in [2.05, 4.69) is 20.0 Å². The number of aromatic nitrogens is 2. The molecular formula is C31H33F4N3O2. The first-order chi connectivity index (χ1) is 19.2. The largest absolute Gasteiger partial charge is 0.573 e. The topological polar surface area (TPSA) is 67.0 Å². The minimum absolute atomic E-state index is 0.276. The van der Waals surface area contributed by atoms with Gasteiger partial charge in [0.2, 0.25) is 0 Å². The van der Waals surface area contributed by atoms with E-state index in [0.717, 1.165) is 42.1 Å². The first kappa shape index (κ1) is 29.1. The van der Waals surface area contributed by atoms with Crippen LogP contribution in [0.1, 0.15) is 67.1 Å². The van der Waals surface area contributed by atoms with E-state index in [4.69, 9.17) is 0 Å². The van der Waals surface area contributed by atoms with Crippen LogP contribution in [-0.4, -0.2) is 28.8 Å². The van der Waals surface area contributed by atoms with E-state index >= 15 is 0 Å². The second kappa shape index (κ2) is 12.5. The van der Waals surface area contributed by atoms with Gasteiger partial charge in [-0.05, 0) is 92.5 Å². The summed E-state index contributed by atoms with van der Waals surface area (Å²) < 4.78 is 55.9. The first-order valence-electron chi connectivity index (χ1n) is 13.5. The third-order valence-corrected chi connectivity index (χ3v) is 7.13. The van der Waals surface area contributed by atoms with Crippen LogP contribution in [0, 0.1) is 18.7 Å². The van der Waals surface area contributed by atoms with Gasteiger partial charge >= 0.3 is 6.36 Å². The summed E-state index contributed by atoms with van der Waals surface area (Å²) in [5.74, 6) is -0.312. The number of aromatic amines is 1. The molecule has 2 aromatic heterocycles. The SMILES string of the molecule is CC.Cc1cc(C(=O)NCC2CCC(c3ccnc4ccc(F)cc34)CC2)c(-c2cccc(OC(F)(F)F)c2)[nH]1. The second-order valence-electron chi connectivity index (χ2n) is 9.81. The lowest BCUT2D eigenvalue weighted by atomic mass is 9.78. The Morgan fingerprint density at radius 2 is 1.80 bits per heavy atom. The van der Waals surface area contributed by atoms with Crippen molar-refractivity contribution in [2.75, 3.05) is 6.54 Å². The van der Waals surface area contributed by atoms with Gasteiger partial charge in [-0.15, -0.1) is 13.2 Å². The number of aryl methyl sites for hydroxylation is 1. The number of nitrogens with zero attached hydrogens (tertiary/aromatic N) is 1. The number of H-pyrrole nitrogens is 1. The summed E-state index contributed by atoms with van der Waals surface area (Å²) in [6, 6.07) is 13.9. The number of nitrogens with one attached hydrogen (secondary N) is 2. The molecule has 1 fully saturated rings. The summed E-state index contributed by atoms with van der Waals surface area (Å²) in [5, 5.41) is 3.86. The number of halogens is 4. The predicted molar refractivity (Wildman–Crippen MR) is 148 cm³/mol. The van der Waals surface area contributed by atoms with Gasteiger partial charge in [0.1, 0.15) is 11.6 Å². The van der Waals surface area contributed by atoms with Crippen LogP contribution in [0.2, 0.25) is 0 Å². The molecule has 1 aliphatic rings. The predicted octanol–water partition coefficient (Wildman–Crippen LogP) is 8.31. The molecule has 0 radical (unpaired) electrons. The van der Waals surface area contributed by atoms with Crippen molar-refractivity contribution in [2.24, 2.45) is 5.92 Å². The lowest BCUT2D eigenvalue weighted by Gasteiger charge is -2.29. The number of carbonyl (C=O) groups excluding carboxylic acids is 1. The molecular weight excluding hydrogens is 522 g/mol. The van der Waals surface area contributed by atoms with E-state index in [1.165, 1.54) is 24.3 Å². The van der Waals surface area contributed by atoms with Crippen molar-refractivity contribution in [1.82, 2.24) is 15.3 Å². The molecule has 40 heavy (non-hydrogen) atoms. The van der Waals surface area contributed by atoms with Gasteiger partial charge in [0.15, 0.2) is 0 Å². The van der Waals surface area contributed by atoms with E-state index in [-0.39, 0.29) is 17.5 Å². The number of amides is 1. The highest BCUT2D eigenvalue weighted by Crippen LogP contribution is 2.38. The number of pyridine rings is 1. The molecule has 0 spiro atoms. The maximum absolute atomic E-state index is 13.9. The summed E-state index contributed by atoms with van der Waals surface area (Å²) >= 11 is 0. The maximum atomic E-state index is 13.9. The van der Waals surface area contributed by atoms with Gasteiger partial charge in [0.25, 0.3) is 5.91 Å². The first-order valence-corrected chi connectivity index (χ1v) is 13.5. The Morgan fingerprint density at radius 3 is 2.52 bits per heavy atom. The minimum Gasteiger partial charge on any atom is -0.406 e. The number of ether oxygens (including phenoxy) is 1. The zero-order chi connectivity index (χ0) is 28.9. The molecule has 5 nitrogen and oxygen atoms in total. The number of fused-ring (bicyclic) bond motifs is 1. The Morgan fingerprint density at radius 1 is 1.05 bits per heavy atom. The van der Waals surface area contributed by atoms with Crippen LogP contribution in [0.4, 0.5) is 17.6 Å². The van der Waals surface area contributed by atoms with Crippen LogP contribution in [0.3, 0.4) is 0 Å². The van der Waals surface area contributed by atoms with E-state index in [0.29, 0.717) is 40.9 Å². The van der Waals surface area contributed by atoms with Crippen molar-refractivity contribution in [2.45, 2.75) is 58.7 Å². The van der Waals surface area contributed by atoms with Crippen molar-refractivity contribution in [3.8, 4) is 17.0 Å². The van der Waals surface area contributed by atoms with Crippen LogP contribution < -0.4 is 10.1 Å². The van der Waals surface area contributed by atoms with Crippen molar-refractivity contribution in [3.05, 3.63) is 83.4 Å². The molecule has 1 saturated carbocycles. The molecule has 0 saturated heterocycles. The monoisotopic (exact) mass is 555 g/mol. The smallest absolute Gasteiger partial charge is 0.406 e. The van der Waals surface area contributed by atoms with Crippen LogP contribution in [0.5, 0.6) is 5.75 Å². The van der Waals surface area contributed by atoms with Crippen LogP contribution in [0.15, 0.2) is 60.8 Å². The average Bonchev–Trinajstić information content (AvgIpc) is 3.34. The van der Waals surface area contributed by atoms with E-state index in [1.54, 1.807) is 37.4 Å². The molecule has 2 N–H and O–H groups in total. The molecule has 4 aromatic rings. The van der Waals surface area contributed by atoms with Gasteiger partial charge < -0.3 is 15.0 Å². The van der Waals surface area contributed by atoms with Crippen molar-refractivity contribution >= 4 is 16.8 Å².